The Balaban J connectivity index is 2.61. The van der Waals surface area contributed by atoms with Crippen LogP contribution in [-0.2, 0) is 4.79 Å². The van der Waals surface area contributed by atoms with Crippen LogP contribution in [0.1, 0.15) is 18.1 Å². The molecule has 0 saturated heterocycles. The van der Waals surface area contributed by atoms with Gasteiger partial charge in [0.15, 0.2) is 0 Å². The molecule has 0 spiro atoms. The molecule has 0 bridgehead atoms. The van der Waals surface area contributed by atoms with Crippen molar-refractivity contribution in [3.05, 3.63) is 29.3 Å². The van der Waals surface area contributed by atoms with Crippen molar-refractivity contribution < 1.29 is 4.79 Å². The summed E-state index contributed by atoms with van der Waals surface area (Å²) in [5.41, 5.74) is 2.48. The maximum absolute atomic E-state index is 11.6. The Labute approximate surface area is 102 Å². The lowest BCUT2D eigenvalue weighted by Crippen LogP contribution is -2.27. The summed E-state index contributed by atoms with van der Waals surface area (Å²) < 4.78 is 0. The van der Waals surface area contributed by atoms with Crippen LogP contribution in [0.15, 0.2) is 23.1 Å². The van der Waals surface area contributed by atoms with Crippen molar-refractivity contribution >= 4 is 17.7 Å². The quantitative estimate of drug-likeness (QED) is 0.751. The van der Waals surface area contributed by atoms with E-state index < -0.39 is 0 Å². The monoisotopic (exact) mass is 237 g/mol. The summed E-state index contributed by atoms with van der Waals surface area (Å²) in [6, 6.07) is 6.34. The Morgan fingerprint density at radius 2 is 2.06 bits per heavy atom. The standard InChI is InChI=1S/C13H19NOS/c1-5-14(4)13(15)9-16-12-8-10(2)6-7-11(12)3/h6-8H,5,9H2,1-4H3. The minimum absolute atomic E-state index is 0.188. The minimum atomic E-state index is 0.188. The average Bonchev–Trinajstić information content (AvgIpc) is 2.28. The third-order valence-corrected chi connectivity index (χ3v) is 3.74. The van der Waals surface area contributed by atoms with Crippen molar-refractivity contribution in [2.75, 3.05) is 19.3 Å². The molecule has 0 aliphatic carbocycles. The van der Waals surface area contributed by atoms with E-state index in [-0.39, 0.29) is 5.91 Å². The van der Waals surface area contributed by atoms with Crippen molar-refractivity contribution in [3.8, 4) is 0 Å². The van der Waals surface area contributed by atoms with Gasteiger partial charge in [-0.2, -0.15) is 0 Å². The molecule has 88 valence electrons. The van der Waals surface area contributed by atoms with Gasteiger partial charge in [-0.25, -0.2) is 0 Å². The number of benzene rings is 1. The molecule has 0 radical (unpaired) electrons. The van der Waals surface area contributed by atoms with Gasteiger partial charge in [-0.3, -0.25) is 4.79 Å². The van der Waals surface area contributed by atoms with Crippen molar-refractivity contribution in [1.82, 2.24) is 4.90 Å². The Bertz CT molecular complexity index is 376. The van der Waals surface area contributed by atoms with E-state index >= 15 is 0 Å². The molecule has 0 unspecified atom stereocenters. The van der Waals surface area contributed by atoms with Gasteiger partial charge < -0.3 is 4.90 Å². The van der Waals surface area contributed by atoms with Crippen LogP contribution in [0, 0.1) is 13.8 Å². The van der Waals surface area contributed by atoms with Crippen LogP contribution in [0.3, 0.4) is 0 Å². The van der Waals surface area contributed by atoms with Crippen molar-refractivity contribution in [2.24, 2.45) is 0 Å². The van der Waals surface area contributed by atoms with Crippen molar-refractivity contribution in [1.29, 1.82) is 0 Å². The van der Waals surface area contributed by atoms with E-state index in [0.29, 0.717) is 5.75 Å². The third kappa shape index (κ3) is 3.56. The number of rotatable bonds is 4. The van der Waals surface area contributed by atoms with Gasteiger partial charge in [0.2, 0.25) is 5.91 Å². The smallest absolute Gasteiger partial charge is 0.232 e. The predicted molar refractivity (Wildman–Crippen MR) is 70.0 cm³/mol. The SMILES string of the molecule is CCN(C)C(=O)CSc1cc(C)ccc1C. The number of thioether (sulfide) groups is 1. The first kappa shape index (κ1) is 13.1. The molecule has 1 amide bonds. The molecule has 0 heterocycles. The first-order valence-corrected chi connectivity index (χ1v) is 6.47. The fourth-order valence-corrected chi connectivity index (χ4v) is 2.35. The Kier molecular flexibility index (Phi) is 4.87. The van der Waals surface area contributed by atoms with E-state index in [9.17, 15) is 4.79 Å². The van der Waals surface area contributed by atoms with E-state index in [0.717, 1.165) is 6.54 Å². The van der Waals surface area contributed by atoms with Gasteiger partial charge in [0.05, 0.1) is 5.75 Å². The Hall–Kier alpha value is -0.960. The lowest BCUT2D eigenvalue weighted by Gasteiger charge is -2.14. The van der Waals surface area contributed by atoms with E-state index in [1.165, 1.54) is 16.0 Å². The number of carbonyl (C=O) groups is 1. The highest BCUT2D eigenvalue weighted by Gasteiger charge is 2.08. The van der Waals surface area contributed by atoms with E-state index in [2.05, 4.69) is 32.0 Å². The molecule has 1 rings (SSSR count). The average molecular weight is 237 g/mol. The minimum Gasteiger partial charge on any atom is -0.345 e. The second-order valence-corrected chi connectivity index (χ2v) is 4.98. The highest BCUT2D eigenvalue weighted by Crippen LogP contribution is 2.23. The normalized spacial score (nSPS) is 10.2. The number of hydrogen-bond acceptors (Lipinski definition) is 2. The molecule has 0 aromatic heterocycles. The summed E-state index contributed by atoms with van der Waals surface area (Å²) in [5, 5.41) is 0. The number of nitrogens with zero attached hydrogens (tertiary/aromatic N) is 1. The van der Waals surface area contributed by atoms with E-state index in [1.54, 1.807) is 16.7 Å². The summed E-state index contributed by atoms with van der Waals surface area (Å²) in [5.74, 6) is 0.711. The third-order valence-electron chi connectivity index (χ3n) is 2.59. The zero-order chi connectivity index (χ0) is 12.1. The summed E-state index contributed by atoms with van der Waals surface area (Å²) in [6.45, 7) is 6.91. The molecule has 0 aliphatic heterocycles. The van der Waals surface area contributed by atoms with Crippen LogP contribution in [0.4, 0.5) is 0 Å². The lowest BCUT2D eigenvalue weighted by molar-refractivity contribution is -0.126. The van der Waals surface area contributed by atoms with Gasteiger partial charge in [0.1, 0.15) is 0 Å². The topological polar surface area (TPSA) is 20.3 Å². The van der Waals surface area contributed by atoms with E-state index in [4.69, 9.17) is 0 Å². The molecule has 0 N–H and O–H groups in total. The molecular formula is C13H19NOS. The maximum atomic E-state index is 11.6. The number of aryl methyl sites for hydroxylation is 2. The van der Waals surface area contributed by atoms with Crippen LogP contribution in [0.25, 0.3) is 0 Å². The molecule has 0 fully saturated rings. The van der Waals surface area contributed by atoms with Crippen LogP contribution in [-0.4, -0.2) is 30.2 Å². The maximum Gasteiger partial charge on any atom is 0.232 e. The molecule has 2 nitrogen and oxygen atoms in total. The molecular weight excluding hydrogens is 218 g/mol. The number of amides is 1. The van der Waals surface area contributed by atoms with Gasteiger partial charge in [-0.15, -0.1) is 11.8 Å². The highest BCUT2D eigenvalue weighted by atomic mass is 32.2. The molecule has 0 aliphatic rings. The molecule has 3 heteroatoms. The summed E-state index contributed by atoms with van der Waals surface area (Å²) in [6.07, 6.45) is 0. The second-order valence-electron chi connectivity index (χ2n) is 3.97. The zero-order valence-electron chi connectivity index (χ0n) is 10.4. The van der Waals surface area contributed by atoms with Gasteiger partial charge in [-0.1, -0.05) is 17.7 Å². The fourth-order valence-electron chi connectivity index (χ4n) is 1.29. The molecule has 0 atom stereocenters. The number of carbonyl (C=O) groups excluding carboxylic acids is 1. The molecule has 1 aromatic rings. The highest BCUT2D eigenvalue weighted by molar-refractivity contribution is 8.00. The van der Waals surface area contributed by atoms with Crippen LogP contribution in [0.5, 0.6) is 0 Å². The van der Waals surface area contributed by atoms with Crippen LogP contribution in [0.2, 0.25) is 0 Å². The summed E-state index contributed by atoms with van der Waals surface area (Å²) in [7, 11) is 1.84. The first-order valence-electron chi connectivity index (χ1n) is 5.48. The molecule has 16 heavy (non-hydrogen) atoms. The zero-order valence-corrected chi connectivity index (χ0v) is 11.2. The van der Waals surface area contributed by atoms with Gasteiger partial charge in [0.25, 0.3) is 0 Å². The fraction of sp³-hybridized carbons (Fsp3) is 0.462. The second kappa shape index (κ2) is 5.94. The Morgan fingerprint density at radius 1 is 1.38 bits per heavy atom. The summed E-state index contributed by atoms with van der Waals surface area (Å²) >= 11 is 1.62. The van der Waals surface area contributed by atoms with E-state index in [1.807, 2.05) is 14.0 Å². The van der Waals surface area contributed by atoms with Gasteiger partial charge in [0, 0.05) is 18.5 Å². The van der Waals surface area contributed by atoms with Crippen LogP contribution < -0.4 is 0 Å². The number of hydrogen-bond donors (Lipinski definition) is 0. The van der Waals surface area contributed by atoms with Gasteiger partial charge in [-0.05, 0) is 32.4 Å². The molecule has 1 aromatic carbocycles. The Morgan fingerprint density at radius 3 is 2.69 bits per heavy atom. The summed E-state index contributed by atoms with van der Waals surface area (Å²) in [4.78, 5) is 14.6. The largest absolute Gasteiger partial charge is 0.345 e. The van der Waals surface area contributed by atoms with Crippen molar-refractivity contribution in [3.63, 3.8) is 0 Å². The van der Waals surface area contributed by atoms with Crippen LogP contribution >= 0.6 is 11.8 Å². The van der Waals surface area contributed by atoms with Gasteiger partial charge >= 0.3 is 0 Å². The first-order chi connectivity index (χ1) is 7.54. The predicted octanol–water partition coefficient (Wildman–Crippen LogP) is 2.87. The molecule has 0 saturated carbocycles. The lowest BCUT2D eigenvalue weighted by atomic mass is 10.2. The van der Waals surface area contributed by atoms with Crippen molar-refractivity contribution in [2.45, 2.75) is 25.7 Å².